The quantitative estimate of drug-likeness (QED) is 0.440. The lowest BCUT2D eigenvalue weighted by Crippen LogP contribution is -2.20. The maximum absolute atomic E-state index is 4.39. The zero-order chi connectivity index (χ0) is 11.0. The van der Waals surface area contributed by atoms with E-state index in [1.165, 1.54) is 44.2 Å². The molecule has 0 rings (SSSR count). The molecule has 0 bridgehead atoms. The van der Waals surface area contributed by atoms with Crippen molar-refractivity contribution in [3.05, 3.63) is 0 Å². The molecule has 0 aliphatic heterocycles. The fourth-order valence-corrected chi connectivity index (χ4v) is 1.72. The van der Waals surface area contributed by atoms with Gasteiger partial charge in [-0.2, -0.15) is 0 Å². The summed E-state index contributed by atoms with van der Waals surface area (Å²) in [4.78, 5) is 4.39. The molecule has 0 aliphatic carbocycles. The lowest BCUT2D eigenvalue weighted by molar-refractivity contribution is 0.561. The summed E-state index contributed by atoms with van der Waals surface area (Å²) in [7, 11) is 1.92. The molecule has 0 spiro atoms. The predicted molar refractivity (Wildman–Crippen MR) is 66.2 cm³/mol. The van der Waals surface area contributed by atoms with Crippen molar-refractivity contribution in [2.75, 3.05) is 7.05 Å². The van der Waals surface area contributed by atoms with Crippen molar-refractivity contribution in [1.29, 1.82) is 0 Å². The zero-order valence-corrected chi connectivity index (χ0v) is 10.7. The second kappa shape index (κ2) is 7.03. The van der Waals surface area contributed by atoms with E-state index in [4.69, 9.17) is 0 Å². The molecular formula is C13H27N. The molecule has 0 saturated heterocycles. The summed E-state index contributed by atoms with van der Waals surface area (Å²) < 4.78 is 0. The summed E-state index contributed by atoms with van der Waals surface area (Å²) in [6.45, 7) is 9.01. The maximum atomic E-state index is 4.39. The Morgan fingerprint density at radius 1 is 1.00 bits per heavy atom. The molecule has 0 aromatic rings. The van der Waals surface area contributed by atoms with Gasteiger partial charge < -0.3 is 0 Å². The van der Waals surface area contributed by atoms with E-state index in [0.29, 0.717) is 0 Å². The molecule has 1 heteroatoms. The van der Waals surface area contributed by atoms with E-state index in [-0.39, 0.29) is 5.41 Å². The first-order valence-corrected chi connectivity index (χ1v) is 5.98. The molecule has 0 aliphatic rings. The van der Waals surface area contributed by atoms with Crippen molar-refractivity contribution in [2.45, 2.75) is 66.2 Å². The van der Waals surface area contributed by atoms with Crippen LogP contribution in [0.3, 0.4) is 0 Å². The van der Waals surface area contributed by atoms with Gasteiger partial charge in [0.2, 0.25) is 0 Å². The first-order valence-electron chi connectivity index (χ1n) is 5.98. The van der Waals surface area contributed by atoms with Crippen LogP contribution in [0.25, 0.3) is 0 Å². The van der Waals surface area contributed by atoms with Crippen molar-refractivity contribution in [2.24, 2.45) is 10.4 Å². The largest absolute Gasteiger partial charge is 0.297 e. The molecule has 0 radical (unpaired) electrons. The van der Waals surface area contributed by atoms with Gasteiger partial charge in [-0.05, 0) is 18.3 Å². The van der Waals surface area contributed by atoms with Crippen LogP contribution in [0, 0.1) is 5.41 Å². The number of hydrogen-bond acceptors (Lipinski definition) is 1. The van der Waals surface area contributed by atoms with Gasteiger partial charge in [-0.1, -0.05) is 53.4 Å². The fraction of sp³-hybridized carbons (Fsp3) is 0.923. The molecule has 0 saturated carbocycles. The highest BCUT2D eigenvalue weighted by Crippen LogP contribution is 2.20. The summed E-state index contributed by atoms with van der Waals surface area (Å²) in [5.74, 6) is 0. The summed E-state index contributed by atoms with van der Waals surface area (Å²) in [6.07, 6.45) is 7.95. The van der Waals surface area contributed by atoms with E-state index in [2.05, 4.69) is 32.7 Å². The van der Waals surface area contributed by atoms with Crippen LogP contribution in [0.5, 0.6) is 0 Å². The van der Waals surface area contributed by atoms with E-state index in [1.54, 1.807) is 0 Å². The van der Waals surface area contributed by atoms with Crippen LogP contribution < -0.4 is 0 Å². The third kappa shape index (κ3) is 6.17. The average molecular weight is 197 g/mol. The van der Waals surface area contributed by atoms with Crippen LogP contribution in [0.15, 0.2) is 4.99 Å². The first-order chi connectivity index (χ1) is 6.52. The molecular weight excluding hydrogens is 170 g/mol. The molecule has 0 amide bonds. The minimum absolute atomic E-state index is 0.263. The standard InChI is InChI=1S/C13H27N/c1-6-7-8-9-10-11-12(14-5)13(2,3)4/h6-11H2,1-5H3. The monoisotopic (exact) mass is 197 g/mol. The van der Waals surface area contributed by atoms with Gasteiger partial charge in [0.15, 0.2) is 0 Å². The Morgan fingerprint density at radius 3 is 2.00 bits per heavy atom. The highest BCUT2D eigenvalue weighted by atomic mass is 14.7. The van der Waals surface area contributed by atoms with Gasteiger partial charge in [-0.25, -0.2) is 0 Å². The van der Waals surface area contributed by atoms with E-state index in [0.717, 1.165) is 0 Å². The topological polar surface area (TPSA) is 12.4 Å². The van der Waals surface area contributed by atoms with Gasteiger partial charge in [0.25, 0.3) is 0 Å². The maximum Gasteiger partial charge on any atom is 0.0276 e. The van der Waals surface area contributed by atoms with Crippen molar-refractivity contribution < 1.29 is 0 Å². The molecule has 84 valence electrons. The van der Waals surface area contributed by atoms with Gasteiger partial charge in [0.05, 0.1) is 0 Å². The van der Waals surface area contributed by atoms with E-state index >= 15 is 0 Å². The second-order valence-electron chi connectivity index (χ2n) is 5.08. The number of rotatable bonds is 6. The normalized spacial score (nSPS) is 13.4. The van der Waals surface area contributed by atoms with Gasteiger partial charge in [-0.3, -0.25) is 4.99 Å². The molecule has 0 unspecified atom stereocenters. The summed E-state index contributed by atoms with van der Waals surface area (Å²) >= 11 is 0. The van der Waals surface area contributed by atoms with Crippen molar-refractivity contribution in [3.63, 3.8) is 0 Å². The van der Waals surface area contributed by atoms with Gasteiger partial charge in [0.1, 0.15) is 0 Å². The van der Waals surface area contributed by atoms with Crippen molar-refractivity contribution in [1.82, 2.24) is 0 Å². The number of hydrogen-bond donors (Lipinski definition) is 0. The van der Waals surface area contributed by atoms with Gasteiger partial charge >= 0.3 is 0 Å². The highest BCUT2D eigenvalue weighted by molar-refractivity contribution is 5.89. The lowest BCUT2D eigenvalue weighted by atomic mass is 9.86. The molecule has 0 heterocycles. The Balaban J connectivity index is 3.66. The molecule has 0 atom stereocenters. The lowest BCUT2D eigenvalue weighted by Gasteiger charge is -2.21. The minimum atomic E-state index is 0.263. The Bertz CT molecular complexity index is 163. The van der Waals surface area contributed by atoms with Crippen LogP contribution >= 0.6 is 0 Å². The van der Waals surface area contributed by atoms with Crippen LogP contribution in [0.1, 0.15) is 66.2 Å². The van der Waals surface area contributed by atoms with Gasteiger partial charge in [-0.15, -0.1) is 0 Å². The molecule has 0 aromatic carbocycles. The number of unbranched alkanes of at least 4 members (excludes halogenated alkanes) is 4. The molecule has 0 N–H and O–H groups in total. The first kappa shape index (κ1) is 13.7. The van der Waals surface area contributed by atoms with Crippen LogP contribution in [-0.2, 0) is 0 Å². The Kier molecular flexibility index (Phi) is 6.86. The van der Waals surface area contributed by atoms with E-state index < -0.39 is 0 Å². The Labute approximate surface area is 90.0 Å². The summed E-state index contributed by atoms with van der Waals surface area (Å²) in [5.41, 5.74) is 1.63. The van der Waals surface area contributed by atoms with Crippen molar-refractivity contribution in [3.8, 4) is 0 Å². The summed E-state index contributed by atoms with van der Waals surface area (Å²) in [6, 6.07) is 0. The molecule has 0 aromatic heterocycles. The third-order valence-corrected chi connectivity index (χ3v) is 2.65. The summed E-state index contributed by atoms with van der Waals surface area (Å²) in [5, 5.41) is 0. The zero-order valence-electron chi connectivity index (χ0n) is 10.7. The number of nitrogens with zero attached hydrogens (tertiary/aromatic N) is 1. The Hall–Kier alpha value is -0.330. The van der Waals surface area contributed by atoms with Crippen molar-refractivity contribution >= 4 is 5.71 Å². The van der Waals surface area contributed by atoms with E-state index in [1.807, 2.05) is 7.05 Å². The smallest absolute Gasteiger partial charge is 0.0276 e. The molecule has 14 heavy (non-hydrogen) atoms. The predicted octanol–water partition coefficient (Wildman–Crippen LogP) is 4.46. The van der Waals surface area contributed by atoms with E-state index in [9.17, 15) is 0 Å². The second-order valence-corrected chi connectivity index (χ2v) is 5.08. The SMILES string of the molecule is CCCCCCCC(=NC)C(C)(C)C. The Morgan fingerprint density at radius 2 is 1.57 bits per heavy atom. The number of aliphatic imine (C=N–C) groups is 1. The molecule has 0 fully saturated rings. The average Bonchev–Trinajstić information content (AvgIpc) is 2.09. The third-order valence-electron chi connectivity index (χ3n) is 2.65. The van der Waals surface area contributed by atoms with Crippen LogP contribution in [0.4, 0.5) is 0 Å². The molecule has 1 nitrogen and oxygen atoms in total. The highest BCUT2D eigenvalue weighted by Gasteiger charge is 2.17. The van der Waals surface area contributed by atoms with Crippen LogP contribution in [-0.4, -0.2) is 12.8 Å². The minimum Gasteiger partial charge on any atom is -0.297 e. The van der Waals surface area contributed by atoms with Gasteiger partial charge in [0, 0.05) is 12.8 Å². The fourth-order valence-electron chi connectivity index (χ4n) is 1.72. The van der Waals surface area contributed by atoms with Crippen LogP contribution in [0.2, 0.25) is 0 Å².